The van der Waals surface area contributed by atoms with Gasteiger partial charge in [0.15, 0.2) is 0 Å². The molecule has 2 heterocycles. The second-order valence-corrected chi connectivity index (χ2v) is 13.3. The van der Waals surface area contributed by atoms with E-state index in [-0.39, 0.29) is 5.41 Å². The van der Waals surface area contributed by atoms with E-state index in [9.17, 15) is 0 Å². The van der Waals surface area contributed by atoms with E-state index in [1.807, 2.05) is 0 Å². The van der Waals surface area contributed by atoms with Gasteiger partial charge in [0.1, 0.15) is 0 Å². The number of rotatable bonds is 2. The molecule has 0 aromatic heterocycles. The lowest BCUT2D eigenvalue weighted by Gasteiger charge is -2.30. The van der Waals surface area contributed by atoms with Crippen molar-refractivity contribution in [2.75, 3.05) is 11.4 Å². The van der Waals surface area contributed by atoms with E-state index in [0.717, 1.165) is 19.4 Å². The molecule has 230 valence electrons. The molecule has 1 atom stereocenters. The summed E-state index contributed by atoms with van der Waals surface area (Å²) in [4.78, 5) is 2.62. The summed E-state index contributed by atoms with van der Waals surface area (Å²) in [5.74, 6) is 0. The SMILES string of the molecule is CC1(C)C(=C2/Cc3ccccc3\C=C/C=C\C=C\N2)/C(=C2\CN(C3C=CC(c4ccccc4)=CC3)c3ccccc32)c2ccccc21. The maximum atomic E-state index is 3.82. The first kappa shape index (κ1) is 29.1. The molecule has 0 bridgehead atoms. The quantitative estimate of drug-likeness (QED) is 0.244. The van der Waals surface area contributed by atoms with Crippen molar-refractivity contribution < 1.29 is 0 Å². The maximum absolute atomic E-state index is 3.82. The van der Waals surface area contributed by atoms with Gasteiger partial charge in [-0.25, -0.2) is 0 Å². The molecule has 0 amide bonds. The second-order valence-electron chi connectivity index (χ2n) is 13.3. The number of para-hydroxylation sites is 1. The number of benzene rings is 4. The topological polar surface area (TPSA) is 15.3 Å². The van der Waals surface area contributed by atoms with Crippen molar-refractivity contribution in [1.82, 2.24) is 5.32 Å². The van der Waals surface area contributed by atoms with Crippen molar-refractivity contribution in [3.63, 3.8) is 0 Å². The fourth-order valence-corrected chi connectivity index (χ4v) is 7.94. The number of nitrogens with one attached hydrogen (secondary N) is 1. The van der Waals surface area contributed by atoms with Crippen molar-refractivity contribution in [2.24, 2.45) is 0 Å². The molecule has 4 aromatic rings. The van der Waals surface area contributed by atoms with Crippen LogP contribution >= 0.6 is 0 Å². The molecule has 0 saturated carbocycles. The number of nitrogens with zero attached hydrogens (tertiary/aromatic N) is 1. The normalized spacial score (nSPS) is 24.7. The van der Waals surface area contributed by atoms with Gasteiger partial charge in [-0.05, 0) is 68.7 Å². The third kappa shape index (κ3) is 5.24. The van der Waals surface area contributed by atoms with E-state index in [2.05, 4.69) is 182 Å². The molecule has 2 aliphatic heterocycles. The third-order valence-corrected chi connectivity index (χ3v) is 10.2. The monoisotopic (exact) mass is 608 g/mol. The summed E-state index contributed by atoms with van der Waals surface area (Å²) in [6, 6.07) is 37.9. The first-order chi connectivity index (χ1) is 23.1. The molecular weight excluding hydrogens is 569 g/mol. The van der Waals surface area contributed by atoms with Crippen LogP contribution in [0.4, 0.5) is 5.69 Å². The number of anilines is 1. The number of fused-ring (bicyclic) bond motifs is 3. The molecule has 2 nitrogen and oxygen atoms in total. The zero-order chi connectivity index (χ0) is 31.8. The Morgan fingerprint density at radius 3 is 2.32 bits per heavy atom. The minimum absolute atomic E-state index is 0.184. The van der Waals surface area contributed by atoms with Crippen LogP contribution < -0.4 is 10.2 Å². The van der Waals surface area contributed by atoms with Gasteiger partial charge in [0.05, 0.1) is 6.04 Å². The Morgan fingerprint density at radius 1 is 0.723 bits per heavy atom. The molecule has 4 aliphatic rings. The third-order valence-electron chi connectivity index (χ3n) is 10.2. The molecule has 0 fully saturated rings. The lowest BCUT2D eigenvalue weighted by atomic mass is 9.79. The molecule has 1 N–H and O–H groups in total. The van der Waals surface area contributed by atoms with Gasteiger partial charge in [-0.3, -0.25) is 0 Å². The van der Waals surface area contributed by atoms with E-state index in [0.29, 0.717) is 6.04 Å². The predicted molar refractivity (Wildman–Crippen MR) is 200 cm³/mol. The van der Waals surface area contributed by atoms with Crippen LogP contribution in [-0.4, -0.2) is 12.6 Å². The minimum Gasteiger partial charge on any atom is -0.364 e. The summed E-state index contributed by atoms with van der Waals surface area (Å²) in [6.07, 6.45) is 21.7. The highest BCUT2D eigenvalue weighted by Gasteiger charge is 2.43. The van der Waals surface area contributed by atoms with E-state index >= 15 is 0 Å². The van der Waals surface area contributed by atoms with E-state index in [1.165, 1.54) is 67.1 Å². The Balaban J connectivity index is 1.29. The second kappa shape index (κ2) is 12.1. The zero-order valence-electron chi connectivity index (χ0n) is 27.2. The van der Waals surface area contributed by atoms with Gasteiger partial charge in [-0.15, -0.1) is 0 Å². The van der Waals surface area contributed by atoms with Gasteiger partial charge in [0, 0.05) is 41.5 Å². The van der Waals surface area contributed by atoms with E-state index in [4.69, 9.17) is 0 Å². The van der Waals surface area contributed by atoms with Crippen molar-refractivity contribution in [3.8, 4) is 0 Å². The van der Waals surface area contributed by atoms with E-state index < -0.39 is 0 Å². The van der Waals surface area contributed by atoms with Crippen LogP contribution in [0.2, 0.25) is 0 Å². The first-order valence-corrected chi connectivity index (χ1v) is 16.8. The van der Waals surface area contributed by atoms with Gasteiger partial charge in [0.25, 0.3) is 0 Å². The molecule has 2 aliphatic carbocycles. The molecular formula is C45H40N2. The van der Waals surface area contributed by atoms with Crippen LogP contribution in [0, 0.1) is 0 Å². The Kier molecular flexibility index (Phi) is 7.50. The van der Waals surface area contributed by atoms with Gasteiger partial charge < -0.3 is 10.2 Å². The maximum Gasteiger partial charge on any atom is 0.0515 e. The molecule has 0 spiro atoms. The highest BCUT2D eigenvalue weighted by molar-refractivity contribution is 6.08. The standard InChI is InChI=1S/C45H40N2/c1-45(2)40-23-13-11-22-38(40)43(44(45)41-30-35-20-10-9-19-33(35)18-6-3-4-15-29-46-41)39-31-47(42-24-14-12-21-37(39)42)36-27-25-34(26-28-36)32-16-7-5-8-17-32/h3-27,29,36,46H,28,30-31H2,1-2H3/b4-3-,18-6-,29-15+,43-39+,44-41-. The predicted octanol–water partition coefficient (Wildman–Crippen LogP) is 10.3. The van der Waals surface area contributed by atoms with E-state index in [1.54, 1.807) is 0 Å². The number of hydrogen-bond donors (Lipinski definition) is 1. The Bertz CT molecular complexity index is 2060. The zero-order valence-corrected chi connectivity index (χ0v) is 27.2. The van der Waals surface area contributed by atoms with Crippen molar-refractivity contribution >= 4 is 28.5 Å². The molecule has 47 heavy (non-hydrogen) atoms. The van der Waals surface area contributed by atoms with Crippen LogP contribution in [0.15, 0.2) is 163 Å². The van der Waals surface area contributed by atoms with Crippen LogP contribution in [0.3, 0.4) is 0 Å². The Labute approximate surface area is 279 Å². The summed E-state index contributed by atoms with van der Waals surface area (Å²) in [5.41, 5.74) is 15.8. The molecule has 0 saturated heterocycles. The molecule has 1 unspecified atom stereocenters. The Hall–Kier alpha value is -5.34. The summed E-state index contributed by atoms with van der Waals surface area (Å²) >= 11 is 0. The number of allylic oxidation sites excluding steroid dienone is 9. The van der Waals surface area contributed by atoms with Crippen LogP contribution in [0.5, 0.6) is 0 Å². The van der Waals surface area contributed by atoms with Crippen molar-refractivity contribution in [2.45, 2.75) is 38.1 Å². The van der Waals surface area contributed by atoms with Crippen LogP contribution in [0.1, 0.15) is 53.6 Å². The largest absolute Gasteiger partial charge is 0.364 e. The summed E-state index contributed by atoms with van der Waals surface area (Å²) in [6.45, 7) is 5.68. The highest BCUT2D eigenvalue weighted by Crippen LogP contribution is 2.55. The van der Waals surface area contributed by atoms with Crippen LogP contribution in [0.25, 0.3) is 22.8 Å². The number of hydrogen-bond acceptors (Lipinski definition) is 2. The summed E-state index contributed by atoms with van der Waals surface area (Å²) < 4.78 is 0. The molecule has 0 radical (unpaired) electrons. The van der Waals surface area contributed by atoms with Gasteiger partial charge in [-0.2, -0.15) is 0 Å². The first-order valence-electron chi connectivity index (χ1n) is 16.8. The lowest BCUT2D eigenvalue weighted by molar-refractivity contribution is 0.644. The summed E-state index contributed by atoms with van der Waals surface area (Å²) in [5, 5.41) is 3.82. The fourth-order valence-electron chi connectivity index (χ4n) is 7.94. The molecule has 4 aromatic carbocycles. The lowest BCUT2D eigenvalue weighted by Crippen LogP contribution is -2.32. The van der Waals surface area contributed by atoms with Gasteiger partial charge in [-0.1, -0.05) is 153 Å². The van der Waals surface area contributed by atoms with Gasteiger partial charge >= 0.3 is 0 Å². The highest BCUT2D eigenvalue weighted by atomic mass is 15.2. The Morgan fingerprint density at radius 2 is 1.47 bits per heavy atom. The minimum atomic E-state index is -0.184. The average molecular weight is 609 g/mol. The summed E-state index contributed by atoms with van der Waals surface area (Å²) in [7, 11) is 0. The van der Waals surface area contributed by atoms with Crippen molar-refractivity contribution in [3.05, 3.63) is 197 Å². The average Bonchev–Trinajstić information content (AvgIpc) is 3.59. The fraction of sp³-hybridized carbons (Fsp3) is 0.156. The molecule has 2 heteroatoms. The smallest absolute Gasteiger partial charge is 0.0515 e. The van der Waals surface area contributed by atoms with Gasteiger partial charge in [0.2, 0.25) is 0 Å². The van der Waals surface area contributed by atoms with Crippen molar-refractivity contribution in [1.29, 1.82) is 0 Å². The van der Waals surface area contributed by atoms with Crippen LogP contribution in [-0.2, 0) is 11.8 Å². The molecule has 8 rings (SSSR count).